The number of pyridine rings is 1. The maximum Gasteiger partial charge on any atom is 0.459 e. The molecule has 0 saturated heterocycles. The first-order valence-corrected chi connectivity index (χ1v) is 16.9. The summed E-state index contributed by atoms with van der Waals surface area (Å²) in [5, 5.41) is 7.97. The van der Waals surface area contributed by atoms with Crippen molar-refractivity contribution in [1.29, 1.82) is 0 Å². The van der Waals surface area contributed by atoms with Crippen molar-refractivity contribution in [3.63, 3.8) is 0 Å². The van der Waals surface area contributed by atoms with Crippen molar-refractivity contribution in [2.24, 2.45) is 0 Å². The SMILES string of the molecule is CCN(CCC[C@H](C)Nc1ccnc2cc(Cl)ccc12)CCO[P@@](=O)(N[C@@H](C)C(=O)OC(C)C)Oc1ccc(C(C)=O)cc1. The van der Waals surface area contributed by atoms with Crippen molar-refractivity contribution < 1.29 is 27.9 Å². The molecule has 0 spiro atoms. The Bertz CT molecular complexity index is 1440. The summed E-state index contributed by atoms with van der Waals surface area (Å²) < 4.78 is 30.6. The highest BCUT2D eigenvalue weighted by molar-refractivity contribution is 7.52. The monoisotopic (exact) mass is 646 g/mol. The van der Waals surface area contributed by atoms with E-state index in [1.165, 1.54) is 6.92 Å². The molecule has 10 nitrogen and oxygen atoms in total. The highest BCUT2D eigenvalue weighted by Crippen LogP contribution is 2.45. The number of nitrogens with zero attached hydrogens (tertiary/aromatic N) is 2. The third kappa shape index (κ3) is 11.2. The number of hydrogen-bond acceptors (Lipinski definition) is 9. The molecular formula is C32H44ClN4O6P. The smallest absolute Gasteiger partial charge is 0.459 e. The van der Waals surface area contributed by atoms with E-state index in [4.69, 9.17) is 25.4 Å². The Labute approximate surface area is 265 Å². The molecule has 3 rings (SSSR count). The van der Waals surface area contributed by atoms with Gasteiger partial charge in [-0.05, 0) is 109 Å². The van der Waals surface area contributed by atoms with E-state index < -0.39 is 19.8 Å². The number of aromatic nitrogens is 1. The summed E-state index contributed by atoms with van der Waals surface area (Å²) >= 11 is 6.12. The third-order valence-electron chi connectivity index (χ3n) is 6.88. The van der Waals surface area contributed by atoms with Gasteiger partial charge >= 0.3 is 13.7 Å². The Balaban J connectivity index is 1.55. The Morgan fingerprint density at radius 1 is 1.05 bits per heavy atom. The number of benzene rings is 2. The first kappa shape index (κ1) is 35.5. The van der Waals surface area contributed by atoms with Gasteiger partial charge in [0, 0.05) is 40.4 Å². The minimum atomic E-state index is -3.99. The predicted molar refractivity (Wildman–Crippen MR) is 176 cm³/mol. The van der Waals surface area contributed by atoms with E-state index >= 15 is 0 Å². The van der Waals surface area contributed by atoms with Crippen LogP contribution in [0.4, 0.5) is 5.69 Å². The second-order valence-corrected chi connectivity index (χ2v) is 13.1. The maximum absolute atomic E-state index is 13.8. The molecule has 0 saturated carbocycles. The number of nitrogens with one attached hydrogen (secondary N) is 2. The summed E-state index contributed by atoms with van der Waals surface area (Å²) in [5.74, 6) is -0.421. The zero-order chi connectivity index (χ0) is 32.3. The molecule has 0 amide bonds. The van der Waals surface area contributed by atoms with Crippen molar-refractivity contribution >= 4 is 47.7 Å². The number of esters is 1. The van der Waals surface area contributed by atoms with E-state index in [0.29, 0.717) is 17.1 Å². The lowest BCUT2D eigenvalue weighted by Crippen LogP contribution is -2.37. The molecule has 1 heterocycles. The Morgan fingerprint density at radius 2 is 1.77 bits per heavy atom. The van der Waals surface area contributed by atoms with Crippen molar-refractivity contribution in [3.8, 4) is 5.75 Å². The average Bonchev–Trinajstić information content (AvgIpc) is 2.96. The molecule has 2 N–H and O–H groups in total. The van der Waals surface area contributed by atoms with E-state index in [0.717, 1.165) is 42.5 Å². The van der Waals surface area contributed by atoms with E-state index in [1.54, 1.807) is 51.2 Å². The second-order valence-electron chi connectivity index (χ2n) is 11.0. The van der Waals surface area contributed by atoms with Crippen LogP contribution in [0.5, 0.6) is 5.75 Å². The molecule has 0 unspecified atom stereocenters. The van der Waals surface area contributed by atoms with Crippen molar-refractivity contribution in [2.75, 3.05) is 31.6 Å². The van der Waals surface area contributed by atoms with Crippen LogP contribution in [0, 0.1) is 0 Å². The van der Waals surface area contributed by atoms with Crippen LogP contribution < -0.4 is 14.9 Å². The van der Waals surface area contributed by atoms with Gasteiger partial charge in [-0.1, -0.05) is 18.5 Å². The molecule has 0 aliphatic rings. The lowest BCUT2D eigenvalue weighted by atomic mass is 10.1. The lowest BCUT2D eigenvalue weighted by Gasteiger charge is -2.25. The number of fused-ring (bicyclic) bond motifs is 1. The normalized spacial score (nSPS) is 14.3. The predicted octanol–water partition coefficient (Wildman–Crippen LogP) is 7.13. The molecule has 0 aliphatic carbocycles. The van der Waals surface area contributed by atoms with Crippen LogP contribution in [0.15, 0.2) is 54.7 Å². The maximum atomic E-state index is 13.8. The number of ketones is 1. The number of hydrogen-bond donors (Lipinski definition) is 2. The van der Waals surface area contributed by atoms with Gasteiger partial charge in [-0.2, -0.15) is 5.09 Å². The fourth-order valence-electron chi connectivity index (χ4n) is 4.53. The molecule has 240 valence electrons. The van der Waals surface area contributed by atoms with Gasteiger partial charge in [-0.3, -0.25) is 19.1 Å². The zero-order valence-electron chi connectivity index (χ0n) is 26.3. The topological polar surface area (TPSA) is 119 Å². The molecule has 44 heavy (non-hydrogen) atoms. The fourth-order valence-corrected chi connectivity index (χ4v) is 6.17. The molecule has 0 fully saturated rings. The minimum Gasteiger partial charge on any atom is -0.462 e. The Morgan fingerprint density at radius 3 is 2.43 bits per heavy atom. The van der Waals surface area contributed by atoms with Crippen molar-refractivity contribution in [3.05, 3.63) is 65.3 Å². The number of Topliss-reactive ketones (excluding diaryl/α,β-unsaturated/α-hetero) is 1. The van der Waals surface area contributed by atoms with Gasteiger partial charge in [0.1, 0.15) is 11.8 Å². The highest BCUT2D eigenvalue weighted by Gasteiger charge is 2.32. The molecule has 3 aromatic rings. The minimum absolute atomic E-state index is 0.0970. The quantitative estimate of drug-likeness (QED) is 0.0839. The number of halogens is 1. The van der Waals surface area contributed by atoms with E-state index in [2.05, 4.69) is 34.1 Å². The van der Waals surface area contributed by atoms with E-state index in [-0.39, 0.29) is 30.3 Å². The van der Waals surface area contributed by atoms with Gasteiger partial charge < -0.3 is 19.5 Å². The number of likely N-dealkylation sites (N-methyl/N-ethyl adjacent to an activating group) is 1. The second kappa shape index (κ2) is 16.9. The first-order chi connectivity index (χ1) is 20.9. The van der Waals surface area contributed by atoms with Gasteiger partial charge in [0.05, 0.1) is 18.2 Å². The van der Waals surface area contributed by atoms with Crippen LogP contribution in [-0.4, -0.2) is 66.1 Å². The summed E-state index contributed by atoms with van der Waals surface area (Å²) in [6.07, 6.45) is 3.32. The van der Waals surface area contributed by atoms with Gasteiger partial charge in [0.25, 0.3) is 0 Å². The van der Waals surface area contributed by atoms with Crippen LogP contribution in [0.3, 0.4) is 0 Å². The van der Waals surface area contributed by atoms with E-state index in [1.807, 2.05) is 24.3 Å². The average molecular weight is 647 g/mol. The number of anilines is 1. The first-order valence-electron chi connectivity index (χ1n) is 15.0. The number of carbonyl (C=O) groups is 2. The van der Waals surface area contributed by atoms with Gasteiger partial charge in [0.2, 0.25) is 0 Å². The van der Waals surface area contributed by atoms with Crippen LogP contribution in [-0.2, 0) is 18.6 Å². The summed E-state index contributed by atoms with van der Waals surface area (Å²) in [5.41, 5.74) is 2.37. The van der Waals surface area contributed by atoms with Crippen molar-refractivity contribution in [1.82, 2.24) is 15.0 Å². The molecule has 0 bridgehead atoms. The Kier molecular flexibility index (Phi) is 13.6. The number of ether oxygens (including phenoxy) is 1. The third-order valence-corrected chi connectivity index (χ3v) is 8.79. The molecule has 2 aromatic carbocycles. The van der Waals surface area contributed by atoms with Crippen LogP contribution in [0.1, 0.15) is 64.7 Å². The number of rotatable bonds is 18. The van der Waals surface area contributed by atoms with Crippen LogP contribution >= 0.6 is 19.3 Å². The summed E-state index contributed by atoms with van der Waals surface area (Å²) in [6, 6.07) is 13.2. The highest BCUT2D eigenvalue weighted by atomic mass is 35.5. The number of carbonyl (C=O) groups excluding carboxylic acids is 2. The largest absolute Gasteiger partial charge is 0.462 e. The van der Waals surface area contributed by atoms with E-state index in [9.17, 15) is 14.2 Å². The molecule has 0 radical (unpaired) electrons. The molecule has 0 aliphatic heterocycles. The fraction of sp³-hybridized carbons (Fsp3) is 0.469. The Hall–Kier alpha value is -3.01. The molecule has 1 aromatic heterocycles. The van der Waals surface area contributed by atoms with Crippen LogP contribution in [0.2, 0.25) is 5.02 Å². The lowest BCUT2D eigenvalue weighted by molar-refractivity contribution is -0.149. The zero-order valence-corrected chi connectivity index (χ0v) is 28.0. The van der Waals surface area contributed by atoms with Crippen LogP contribution in [0.25, 0.3) is 10.9 Å². The molecule has 12 heteroatoms. The standard InChI is InChI=1S/C32H44ClN4O6P/c1-7-37(18-8-9-23(4)35-30-16-17-34-31-21-27(33)12-15-29(30)31)19-20-41-44(40,36-24(5)32(39)42-22(2)3)43-28-13-10-26(11-14-28)25(6)38/h10-17,21-24H,7-9,18-20H2,1-6H3,(H,34,35)(H,36,40)/t23-,24-,44-/m0/s1. The molecular weight excluding hydrogens is 603 g/mol. The summed E-state index contributed by atoms with van der Waals surface area (Å²) in [4.78, 5) is 30.7. The van der Waals surface area contributed by atoms with Crippen molar-refractivity contribution in [2.45, 2.75) is 72.6 Å². The molecule has 3 atom stereocenters. The van der Waals surface area contributed by atoms with Gasteiger partial charge in [-0.15, -0.1) is 0 Å². The summed E-state index contributed by atoms with van der Waals surface area (Å²) in [7, 11) is -3.99. The van der Waals surface area contributed by atoms with Gasteiger partial charge in [-0.25, -0.2) is 4.57 Å². The summed E-state index contributed by atoms with van der Waals surface area (Å²) in [6.45, 7) is 12.9. The van der Waals surface area contributed by atoms with Gasteiger partial charge in [0.15, 0.2) is 5.78 Å².